The molecule has 0 aliphatic carbocycles. The fourth-order valence-corrected chi connectivity index (χ4v) is 3.13. The summed E-state index contributed by atoms with van der Waals surface area (Å²) in [6, 6.07) is 14.8. The summed E-state index contributed by atoms with van der Waals surface area (Å²) in [5, 5.41) is 0. The van der Waals surface area contributed by atoms with Gasteiger partial charge in [0.25, 0.3) is 0 Å². The number of nitrogens with zero attached hydrogens (tertiary/aromatic N) is 3. The highest BCUT2D eigenvalue weighted by atomic mass is 16.2. The Labute approximate surface area is 149 Å². The van der Waals surface area contributed by atoms with Gasteiger partial charge in [0.1, 0.15) is 0 Å². The Hall–Kier alpha value is -2.46. The Balaban J connectivity index is 1.58. The number of carbonyl (C=O) groups excluding carboxylic acids is 1. The molecule has 3 rings (SSSR count). The van der Waals surface area contributed by atoms with Crippen LogP contribution in [0.25, 0.3) is 6.08 Å². The van der Waals surface area contributed by atoms with Crippen molar-refractivity contribution >= 4 is 12.0 Å². The number of amides is 1. The third-order valence-electron chi connectivity index (χ3n) is 4.74. The smallest absolute Gasteiger partial charge is 0.246 e. The molecule has 0 saturated carbocycles. The monoisotopic (exact) mass is 335 g/mol. The second-order valence-corrected chi connectivity index (χ2v) is 6.54. The van der Waals surface area contributed by atoms with Gasteiger partial charge in [-0.15, -0.1) is 0 Å². The first-order chi connectivity index (χ1) is 12.2. The second-order valence-electron chi connectivity index (χ2n) is 6.54. The Kier molecular flexibility index (Phi) is 5.96. The van der Waals surface area contributed by atoms with Crippen molar-refractivity contribution in [1.29, 1.82) is 0 Å². The molecule has 4 nitrogen and oxygen atoms in total. The maximum atomic E-state index is 12.5. The molecule has 1 aromatic heterocycles. The van der Waals surface area contributed by atoms with E-state index in [2.05, 4.69) is 41.1 Å². The molecule has 1 amide bonds. The molecule has 1 aliphatic heterocycles. The van der Waals surface area contributed by atoms with Gasteiger partial charge in [0.15, 0.2) is 0 Å². The van der Waals surface area contributed by atoms with Crippen LogP contribution in [0.4, 0.5) is 0 Å². The van der Waals surface area contributed by atoms with E-state index < -0.39 is 0 Å². The summed E-state index contributed by atoms with van der Waals surface area (Å²) < 4.78 is 0. The lowest BCUT2D eigenvalue weighted by atomic mass is 10.1. The molecule has 2 aromatic rings. The van der Waals surface area contributed by atoms with E-state index >= 15 is 0 Å². The van der Waals surface area contributed by atoms with Gasteiger partial charge in [-0.05, 0) is 36.6 Å². The number of hydrogen-bond donors (Lipinski definition) is 0. The first kappa shape index (κ1) is 17.4. The van der Waals surface area contributed by atoms with Gasteiger partial charge in [0, 0.05) is 50.7 Å². The molecule has 1 saturated heterocycles. The summed E-state index contributed by atoms with van der Waals surface area (Å²) >= 11 is 0. The Bertz CT molecular complexity index is 700. The van der Waals surface area contributed by atoms with E-state index in [1.54, 1.807) is 18.5 Å². The summed E-state index contributed by atoms with van der Waals surface area (Å²) in [6.45, 7) is 5.68. The number of pyridine rings is 1. The predicted molar refractivity (Wildman–Crippen MR) is 101 cm³/mol. The topological polar surface area (TPSA) is 36.4 Å². The number of aromatic nitrogens is 1. The molecular weight excluding hydrogens is 310 g/mol. The minimum atomic E-state index is 0.0811. The van der Waals surface area contributed by atoms with Gasteiger partial charge in [0.05, 0.1) is 0 Å². The van der Waals surface area contributed by atoms with E-state index in [0.717, 1.165) is 38.2 Å². The molecule has 1 unspecified atom stereocenters. The van der Waals surface area contributed by atoms with Crippen molar-refractivity contribution in [3.63, 3.8) is 0 Å². The number of hydrogen-bond acceptors (Lipinski definition) is 3. The first-order valence-electron chi connectivity index (χ1n) is 8.87. The van der Waals surface area contributed by atoms with Gasteiger partial charge >= 0.3 is 0 Å². The van der Waals surface area contributed by atoms with Crippen LogP contribution in [-0.4, -0.2) is 46.4 Å². The molecule has 4 heteroatoms. The Morgan fingerprint density at radius 3 is 2.76 bits per heavy atom. The molecule has 1 fully saturated rings. The lowest BCUT2D eigenvalue weighted by Crippen LogP contribution is -2.35. The van der Waals surface area contributed by atoms with Crippen LogP contribution in [0.1, 0.15) is 24.5 Å². The van der Waals surface area contributed by atoms with Crippen molar-refractivity contribution in [3.05, 3.63) is 72.1 Å². The molecule has 1 aliphatic rings. The molecule has 2 heterocycles. The zero-order valence-corrected chi connectivity index (χ0v) is 14.7. The molecule has 0 spiro atoms. The highest BCUT2D eigenvalue weighted by Crippen LogP contribution is 2.15. The van der Waals surface area contributed by atoms with E-state index in [-0.39, 0.29) is 5.91 Å². The number of carbonyl (C=O) groups is 1. The Morgan fingerprint density at radius 2 is 2.00 bits per heavy atom. The minimum Gasteiger partial charge on any atom is -0.338 e. The fourth-order valence-electron chi connectivity index (χ4n) is 3.13. The average molecular weight is 335 g/mol. The van der Waals surface area contributed by atoms with E-state index in [4.69, 9.17) is 0 Å². The van der Waals surface area contributed by atoms with Crippen LogP contribution >= 0.6 is 0 Å². The molecule has 25 heavy (non-hydrogen) atoms. The first-order valence-corrected chi connectivity index (χ1v) is 8.87. The van der Waals surface area contributed by atoms with E-state index in [1.165, 1.54) is 5.56 Å². The molecule has 130 valence electrons. The number of benzene rings is 1. The van der Waals surface area contributed by atoms with Gasteiger partial charge in [-0.3, -0.25) is 14.7 Å². The maximum Gasteiger partial charge on any atom is 0.246 e. The molecule has 0 N–H and O–H groups in total. The van der Waals surface area contributed by atoms with E-state index in [9.17, 15) is 4.79 Å². The van der Waals surface area contributed by atoms with Gasteiger partial charge < -0.3 is 4.90 Å². The standard InChI is InChI=1S/C21H25N3O/c1-18-11-13-23(21(25)10-9-19-8-5-12-22-16-19)14-15-24(18)17-20-6-3-2-4-7-20/h2-10,12,16,18H,11,13-15,17H2,1H3/b10-9+. The SMILES string of the molecule is CC1CCN(C(=O)/C=C/c2cccnc2)CCN1Cc1ccccc1. The fraction of sp³-hybridized carbons (Fsp3) is 0.333. The van der Waals surface area contributed by atoms with Gasteiger partial charge in [-0.1, -0.05) is 36.4 Å². The van der Waals surface area contributed by atoms with Crippen molar-refractivity contribution in [1.82, 2.24) is 14.8 Å². The summed E-state index contributed by atoms with van der Waals surface area (Å²) in [5.41, 5.74) is 2.27. The van der Waals surface area contributed by atoms with Gasteiger partial charge in [0.2, 0.25) is 5.91 Å². The highest BCUT2D eigenvalue weighted by molar-refractivity contribution is 5.91. The molecule has 1 aromatic carbocycles. The number of rotatable bonds is 4. The van der Waals surface area contributed by atoms with Crippen LogP contribution in [0.5, 0.6) is 0 Å². The molecule has 0 bridgehead atoms. The molecule has 0 radical (unpaired) electrons. The molecular formula is C21H25N3O. The van der Waals surface area contributed by atoms with Crippen molar-refractivity contribution in [2.24, 2.45) is 0 Å². The largest absolute Gasteiger partial charge is 0.338 e. The van der Waals surface area contributed by atoms with Gasteiger partial charge in [-0.25, -0.2) is 0 Å². The van der Waals surface area contributed by atoms with Crippen LogP contribution < -0.4 is 0 Å². The normalized spacial score (nSPS) is 19.1. The molecule has 1 atom stereocenters. The Morgan fingerprint density at radius 1 is 1.16 bits per heavy atom. The van der Waals surface area contributed by atoms with Crippen LogP contribution in [0.2, 0.25) is 0 Å². The van der Waals surface area contributed by atoms with Gasteiger partial charge in [-0.2, -0.15) is 0 Å². The zero-order chi connectivity index (χ0) is 17.5. The zero-order valence-electron chi connectivity index (χ0n) is 14.7. The van der Waals surface area contributed by atoms with Crippen molar-refractivity contribution in [2.45, 2.75) is 25.9 Å². The minimum absolute atomic E-state index is 0.0811. The predicted octanol–water partition coefficient (Wildman–Crippen LogP) is 3.22. The summed E-state index contributed by atoms with van der Waals surface area (Å²) in [5.74, 6) is 0.0811. The third kappa shape index (κ3) is 5.00. The van der Waals surface area contributed by atoms with Crippen molar-refractivity contribution in [2.75, 3.05) is 19.6 Å². The second kappa shape index (κ2) is 8.58. The van der Waals surface area contributed by atoms with Crippen LogP contribution in [0.15, 0.2) is 60.9 Å². The maximum absolute atomic E-state index is 12.5. The average Bonchev–Trinajstić information content (AvgIpc) is 2.84. The van der Waals surface area contributed by atoms with Crippen LogP contribution in [0.3, 0.4) is 0 Å². The van der Waals surface area contributed by atoms with Crippen molar-refractivity contribution < 1.29 is 4.79 Å². The summed E-state index contributed by atoms with van der Waals surface area (Å²) in [4.78, 5) is 21.0. The lowest BCUT2D eigenvalue weighted by Gasteiger charge is -2.26. The lowest BCUT2D eigenvalue weighted by molar-refractivity contribution is -0.125. The third-order valence-corrected chi connectivity index (χ3v) is 4.74. The van der Waals surface area contributed by atoms with E-state index in [0.29, 0.717) is 6.04 Å². The van der Waals surface area contributed by atoms with Crippen LogP contribution in [-0.2, 0) is 11.3 Å². The summed E-state index contributed by atoms with van der Waals surface area (Å²) in [7, 11) is 0. The highest BCUT2D eigenvalue weighted by Gasteiger charge is 2.22. The quantitative estimate of drug-likeness (QED) is 0.805. The van der Waals surface area contributed by atoms with Crippen LogP contribution in [0, 0.1) is 0 Å². The summed E-state index contributed by atoms with van der Waals surface area (Å²) in [6.07, 6.45) is 7.99. The van der Waals surface area contributed by atoms with Crippen molar-refractivity contribution in [3.8, 4) is 0 Å². The van der Waals surface area contributed by atoms with E-state index in [1.807, 2.05) is 29.2 Å².